The summed E-state index contributed by atoms with van der Waals surface area (Å²) in [5.41, 5.74) is 2.49. The highest BCUT2D eigenvalue weighted by atomic mass is 35.5. The maximum absolute atomic E-state index is 12.4. The smallest absolute Gasteiger partial charge is 0.359 e. The molecule has 0 aromatic carbocycles. The topological polar surface area (TPSA) is 77.3 Å². The number of rotatable bonds is 7. The molecule has 144 valence electrons. The largest absolute Gasteiger partial charge is 0.451 e. The molecule has 0 bridgehead atoms. The summed E-state index contributed by atoms with van der Waals surface area (Å²) >= 11 is 6.10. The van der Waals surface area contributed by atoms with Gasteiger partial charge in [-0.15, -0.1) is 0 Å². The molecule has 0 unspecified atom stereocenters. The number of nitrogens with zero attached hydrogens (tertiary/aromatic N) is 4. The second kappa shape index (κ2) is 8.81. The van der Waals surface area contributed by atoms with E-state index in [-0.39, 0.29) is 23.2 Å². The predicted octanol–water partition coefficient (Wildman–Crippen LogP) is 3.12. The third-order valence-electron chi connectivity index (χ3n) is 3.77. The van der Waals surface area contributed by atoms with Gasteiger partial charge in [-0.2, -0.15) is 5.10 Å². The zero-order valence-electron chi connectivity index (χ0n) is 16.0. The number of aromatic nitrogens is 3. The van der Waals surface area contributed by atoms with Crippen molar-refractivity contribution in [2.45, 2.75) is 27.7 Å². The molecule has 0 saturated carbocycles. The summed E-state index contributed by atoms with van der Waals surface area (Å²) < 4.78 is 6.74. The van der Waals surface area contributed by atoms with E-state index in [9.17, 15) is 9.59 Å². The summed E-state index contributed by atoms with van der Waals surface area (Å²) in [7, 11) is 0. The summed E-state index contributed by atoms with van der Waals surface area (Å²) in [6.45, 7) is 11.7. The fourth-order valence-corrected chi connectivity index (χ4v) is 2.73. The van der Waals surface area contributed by atoms with Gasteiger partial charge in [0, 0.05) is 18.8 Å². The SMILES string of the molecule is C=C(C)CN(CC)C(=O)COC(=O)c1nc(-n2nc(C)cc2C)ccc1Cl. The van der Waals surface area contributed by atoms with E-state index < -0.39 is 5.97 Å². The fraction of sp³-hybridized carbons (Fsp3) is 0.368. The highest BCUT2D eigenvalue weighted by Crippen LogP contribution is 2.18. The number of carbonyl (C=O) groups is 2. The highest BCUT2D eigenvalue weighted by Gasteiger charge is 2.19. The molecule has 0 saturated heterocycles. The number of halogens is 1. The quantitative estimate of drug-likeness (QED) is 0.536. The molecule has 2 heterocycles. The van der Waals surface area contributed by atoms with E-state index in [1.807, 2.05) is 33.8 Å². The summed E-state index contributed by atoms with van der Waals surface area (Å²) in [5.74, 6) is -0.622. The van der Waals surface area contributed by atoms with Crippen LogP contribution in [-0.4, -0.2) is 51.2 Å². The maximum Gasteiger partial charge on any atom is 0.359 e. The maximum atomic E-state index is 12.4. The molecule has 2 rings (SSSR count). The van der Waals surface area contributed by atoms with E-state index in [0.717, 1.165) is 17.0 Å². The summed E-state index contributed by atoms with van der Waals surface area (Å²) in [6, 6.07) is 5.11. The van der Waals surface area contributed by atoms with Crippen molar-refractivity contribution in [1.82, 2.24) is 19.7 Å². The second-order valence-electron chi connectivity index (χ2n) is 6.28. The molecule has 0 aliphatic rings. The van der Waals surface area contributed by atoms with Gasteiger partial charge in [-0.05, 0) is 45.9 Å². The van der Waals surface area contributed by atoms with Crippen LogP contribution in [0.4, 0.5) is 0 Å². The van der Waals surface area contributed by atoms with Crippen molar-refractivity contribution in [3.8, 4) is 5.82 Å². The van der Waals surface area contributed by atoms with Crippen molar-refractivity contribution in [1.29, 1.82) is 0 Å². The third kappa shape index (κ3) is 5.17. The number of amides is 1. The molecule has 1 amide bonds. The van der Waals surface area contributed by atoms with Gasteiger partial charge in [-0.3, -0.25) is 4.79 Å². The van der Waals surface area contributed by atoms with Crippen LogP contribution in [0.2, 0.25) is 5.02 Å². The van der Waals surface area contributed by atoms with E-state index in [1.165, 1.54) is 0 Å². The zero-order valence-corrected chi connectivity index (χ0v) is 16.7. The van der Waals surface area contributed by atoms with E-state index >= 15 is 0 Å². The molecule has 2 aromatic rings. The van der Waals surface area contributed by atoms with E-state index in [0.29, 0.717) is 18.9 Å². The molecule has 0 fully saturated rings. The number of aryl methyl sites for hydroxylation is 2. The van der Waals surface area contributed by atoms with Crippen molar-refractivity contribution in [2.24, 2.45) is 0 Å². The number of ether oxygens (including phenoxy) is 1. The van der Waals surface area contributed by atoms with Gasteiger partial charge in [0.25, 0.3) is 5.91 Å². The Bertz CT molecular complexity index is 876. The lowest BCUT2D eigenvalue weighted by atomic mass is 10.3. The molecule has 27 heavy (non-hydrogen) atoms. The number of likely N-dealkylation sites (N-methyl/N-ethyl adjacent to an activating group) is 1. The van der Waals surface area contributed by atoms with Gasteiger partial charge < -0.3 is 9.64 Å². The summed E-state index contributed by atoms with van der Waals surface area (Å²) in [5, 5.41) is 4.48. The minimum atomic E-state index is -0.761. The minimum Gasteiger partial charge on any atom is -0.451 e. The Morgan fingerprint density at radius 1 is 1.33 bits per heavy atom. The van der Waals surface area contributed by atoms with Gasteiger partial charge in [0.15, 0.2) is 18.1 Å². The molecule has 0 atom stereocenters. The van der Waals surface area contributed by atoms with Crippen LogP contribution in [0.25, 0.3) is 5.82 Å². The molecular formula is C19H23ClN4O3. The molecular weight excluding hydrogens is 368 g/mol. The van der Waals surface area contributed by atoms with Gasteiger partial charge in [0.05, 0.1) is 10.7 Å². The van der Waals surface area contributed by atoms with Gasteiger partial charge >= 0.3 is 5.97 Å². The first-order valence-corrected chi connectivity index (χ1v) is 8.90. The molecule has 0 radical (unpaired) electrons. The zero-order chi connectivity index (χ0) is 20.1. The number of esters is 1. The molecule has 0 spiro atoms. The fourth-order valence-electron chi connectivity index (χ4n) is 2.54. The van der Waals surface area contributed by atoms with Crippen molar-refractivity contribution >= 4 is 23.5 Å². The molecule has 0 N–H and O–H groups in total. The molecule has 7 nitrogen and oxygen atoms in total. The van der Waals surface area contributed by atoms with Gasteiger partial charge in [0.1, 0.15) is 0 Å². The minimum absolute atomic E-state index is 0.0579. The van der Waals surface area contributed by atoms with Crippen LogP contribution in [0, 0.1) is 13.8 Å². The first kappa shape index (κ1) is 20.6. The summed E-state index contributed by atoms with van der Waals surface area (Å²) in [6.07, 6.45) is 0. The number of pyridine rings is 1. The van der Waals surface area contributed by atoms with Crippen molar-refractivity contribution in [3.63, 3.8) is 0 Å². The van der Waals surface area contributed by atoms with Crippen LogP contribution in [0.5, 0.6) is 0 Å². The number of hydrogen-bond donors (Lipinski definition) is 0. The lowest BCUT2D eigenvalue weighted by Gasteiger charge is -2.20. The van der Waals surface area contributed by atoms with Crippen molar-refractivity contribution < 1.29 is 14.3 Å². The molecule has 0 aliphatic heterocycles. The number of carbonyl (C=O) groups excluding carboxylic acids is 2. The first-order chi connectivity index (χ1) is 12.7. The van der Waals surface area contributed by atoms with E-state index in [1.54, 1.807) is 21.7 Å². The Hall–Kier alpha value is -2.67. The summed E-state index contributed by atoms with van der Waals surface area (Å²) in [4.78, 5) is 30.4. The predicted molar refractivity (Wildman–Crippen MR) is 103 cm³/mol. The monoisotopic (exact) mass is 390 g/mol. The normalized spacial score (nSPS) is 10.6. The lowest BCUT2D eigenvalue weighted by molar-refractivity contribution is -0.133. The Labute approximate surface area is 163 Å². The van der Waals surface area contributed by atoms with Gasteiger partial charge in [0.2, 0.25) is 0 Å². The Kier molecular flexibility index (Phi) is 6.74. The molecule has 8 heteroatoms. The second-order valence-corrected chi connectivity index (χ2v) is 6.69. The Balaban J connectivity index is 2.14. The molecule has 0 aliphatic carbocycles. The van der Waals surface area contributed by atoms with E-state index in [4.69, 9.17) is 16.3 Å². The van der Waals surface area contributed by atoms with Crippen LogP contribution in [0.3, 0.4) is 0 Å². The Morgan fingerprint density at radius 3 is 2.59 bits per heavy atom. The van der Waals surface area contributed by atoms with Crippen LogP contribution in [-0.2, 0) is 9.53 Å². The Morgan fingerprint density at radius 2 is 2.04 bits per heavy atom. The highest BCUT2D eigenvalue weighted by molar-refractivity contribution is 6.33. The van der Waals surface area contributed by atoms with Crippen LogP contribution in [0.15, 0.2) is 30.4 Å². The average Bonchev–Trinajstić information content (AvgIpc) is 2.95. The van der Waals surface area contributed by atoms with Crippen LogP contribution < -0.4 is 0 Å². The number of hydrogen-bond acceptors (Lipinski definition) is 5. The standard InChI is InChI=1S/C19H23ClN4O3/c1-6-23(10-12(2)3)17(25)11-27-19(26)18-15(20)7-8-16(21-18)24-14(5)9-13(4)22-24/h7-9H,2,6,10-11H2,1,3-5H3. The molecule has 2 aromatic heterocycles. The van der Waals surface area contributed by atoms with Crippen molar-refractivity contribution in [3.05, 3.63) is 52.5 Å². The lowest BCUT2D eigenvalue weighted by Crippen LogP contribution is -2.35. The van der Waals surface area contributed by atoms with Crippen LogP contribution >= 0.6 is 11.6 Å². The average molecular weight is 391 g/mol. The third-order valence-corrected chi connectivity index (χ3v) is 4.08. The first-order valence-electron chi connectivity index (χ1n) is 8.52. The van der Waals surface area contributed by atoms with Crippen LogP contribution in [0.1, 0.15) is 35.7 Å². The van der Waals surface area contributed by atoms with Crippen molar-refractivity contribution in [2.75, 3.05) is 19.7 Å². The van der Waals surface area contributed by atoms with E-state index in [2.05, 4.69) is 16.7 Å². The van der Waals surface area contributed by atoms with Gasteiger partial charge in [-0.25, -0.2) is 14.5 Å². The van der Waals surface area contributed by atoms with Gasteiger partial charge in [-0.1, -0.05) is 23.8 Å².